The van der Waals surface area contributed by atoms with E-state index < -0.39 is 5.79 Å². The standard InChI is InChI=1S/C28H34O4/c1-17-15-21-22(27(4,5)24-23(26(21,2)3)31-28(6,7)32-24)16-20(17)14-11-18-9-12-19(13-10-18)25(29)30-8/h9-16,23-24H,1-8H3/b14-11+. The van der Waals surface area contributed by atoms with Crippen molar-refractivity contribution in [2.75, 3.05) is 7.11 Å². The van der Waals surface area contributed by atoms with Gasteiger partial charge in [0.1, 0.15) is 0 Å². The number of carbonyl (C=O) groups is 1. The smallest absolute Gasteiger partial charge is 0.337 e. The van der Waals surface area contributed by atoms with Crippen molar-refractivity contribution in [3.8, 4) is 0 Å². The van der Waals surface area contributed by atoms with Crippen molar-refractivity contribution < 1.29 is 19.0 Å². The number of carbonyl (C=O) groups excluding carboxylic acids is 1. The number of benzene rings is 2. The molecule has 0 spiro atoms. The fourth-order valence-electron chi connectivity index (χ4n) is 5.13. The Bertz CT molecular complexity index is 1070. The maximum atomic E-state index is 11.7. The molecule has 0 bridgehead atoms. The van der Waals surface area contributed by atoms with E-state index in [4.69, 9.17) is 14.2 Å². The maximum absolute atomic E-state index is 11.7. The lowest BCUT2D eigenvalue weighted by atomic mass is 9.59. The van der Waals surface area contributed by atoms with Gasteiger partial charge in [-0.1, -0.05) is 64.1 Å². The monoisotopic (exact) mass is 434 g/mol. The van der Waals surface area contributed by atoms with Crippen molar-refractivity contribution in [1.82, 2.24) is 0 Å². The van der Waals surface area contributed by atoms with E-state index in [0.717, 1.165) is 5.56 Å². The number of hydrogen-bond acceptors (Lipinski definition) is 4. The van der Waals surface area contributed by atoms with Crippen LogP contribution in [0.4, 0.5) is 0 Å². The van der Waals surface area contributed by atoms with Crippen LogP contribution in [0.3, 0.4) is 0 Å². The van der Waals surface area contributed by atoms with Gasteiger partial charge < -0.3 is 14.2 Å². The summed E-state index contributed by atoms with van der Waals surface area (Å²) >= 11 is 0. The van der Waals surface area contributed by atoms with Gasteiger partial charge in [-0.2, -0.15) is 0 Å². The minimum atomic E-state index is -0.583. The normalized spacial score (nSPS) is 24.8. The summed E-state index contributed by atoms with van der Waals surface area (Å²) in [6.45, 7) is 15.2. The van der Waals surface area contributed by atoms with Crippen molar-refractivity contribution >= 4 is 18.1 Å². The molecule has 0 aromatic heterocycles. The Morgan fingerprint density at radius 3 is 1.94 bits per heavy atom. The summed E-state index contributed by atoms with van der Waals surface area (Å²) in [5.74, 6) is -0.907. The van der Waals surface area contributed by atoms with Crippen LogP contribution in [0.25, 0.3) is 12.2 Å². The van der Waals surface area contributed by atoms with E-state index in [2.05, 4.69) is 58.9 Å². The van der Waals surface area contributed by atoms with Crippen LogP contribution in [0.2, 0.25) is 0 Å². The van der Waals surface area contributed by atoms with Crippen LogP contribution >= 0.6 is 0 Å². The summed E-state index contributed by atoms with van der Waals surface area (Å²) in [4.78, 5) is 11.7. The predicted molar refractivity (Wildman–Crippen MR) is 128 cm³/mol. The Labute approximate surface area is 191 Å². The van der Waals surface area contributed by atoms with Crippen LogP contribution in [0.15, 0.2) is 36.4 Å². The molecule has 4 nitrogen and oxygen atoms in total. The van der Waals surface area contributed by atoms with Crippen molar-refractivity contribution in [2.45, 2.75) is 77.3 Å². The predicted octanol–water partition coefficient (Wildman–Crippen LogP) is 6.04. The first-order valence-electron chi connectivity index (χ1n) is 11.2. The molecule has 2 atom stereocenters. The van der Waals surface area contributed by atoms with Gasteiger partial charge in [0.2, 0.25) is 0 Å². The molecule has 32 heavy (non-hydrogen) atoms. The maximum Gasteiger partial charge on any atom is 0.337 e. The molecule has 2 aromatic carbocycles. The van der Waals surface area contributed by atoms with E-state index in [0.29, 0.717) is 5.56 Å². The molecule has 1 aliphatic carbocycles. The van der Waals surface area contributed by atoms with Gasteiger partial charge in [-0.15, -0.1) is 0 Å². The highest BCUT2D eigenvalue weighted by molar-refractivity contribution is 5.89. The fourth-order valence-corrected chi connectivity index (χ4v) is 5.13. The second-order valence-electron chi connectivity index (χ2n) is 10.6. The molecule has 1 saturated heterocycles. The van der Waals surface area contributed by atoms with Gasteiger partial charge in [0.05, 0.1) is 24.9 Å². The van der Waals surface area contributed by atoms with Crippen molar-refractivity contribution in [2.24, 2.45) is 0 Å². The van der Waals surface area contributed by atoms with Crippen molar-refractivity contribution in [1.29, 1.82) is 0 Å². The van der Waals surface area contributed by atoms with Gasteiger partial charge in [-0.05, 0) is 60.7 Å². The molecule has 0 saturated carbocycles. The Morgan fingerprint density at radius 1 is 0.875 bits per heavy atom. The summed E-state index contributed by atoms with van der Waals surface area (Å²) in [5, 5.41) is 0. The SMILES string of the molecule is COC(=O)c1ccc(/C=C/c2cc3c(cc2C)C(C)(C)C2OC(C)(C)OC2C3(C)C)cc1. The molecule has 0 amide bonds. The highest BCUT2D eigenvalue weighted by Gasteiger charge is 2.59. The Morgan fingerprint density at radius 2 is 1.41 bits per heavy atom. The number of rotatable bonds is 3. The third-order valence-electron chi connectivity index (χ3n) is 7.10. The lowest BCUT2D eigenvalue weighted by Gasteiger charge is -2.48. The highest BCUT2D eigenvalue weighted by atomic mass is 16.8. The number of hydrogen-bond donors (Lipinski definition) is 0. The van der Waals surface area contributed by atoms with E-state index in [1.807, 2.05) is 26.0 Å². The minimum Gasteiger partial charge on any atom is -0.465 e. The van der Waals surface area contributed by atoms with E-state index >= 15 is 0 Å². The lowest BCUT2D eigenvalue weighted by molar-refractivity contribution is -0.153. The average Bonchev–Trinajstić information content (AvgIpc) is 3.09. The molecule has 2 unspecified atom stereocenters. The summed E-state index contributed by atoms with van der Waals surface area (Å²) in [7, 11) is 1.39. The second-order valence-corrected chi connectivity index (χ2v) is 10.6. The quantitative estimate of drug-likeness (QED) is 0.436. The highest BCUT2D eigenvalue weighted by Crippen LogP contribution is 2.53. The molecule has 2 aromatic rings. The van der Waals surface area contributed by atoms with Crippen LogP contribution in [0.5, 0.6) is 0 Å². The van der Waals surface area contributed by atoms with Gasteiger partial charge >= 0.3 is 5.97 Å². The van der Waals surface area contributed by atoms with Crippen LogP contribution in [0, 0.1) is 6.92 Å². The first-order valence-corrected chi connectivity index (χ1v) is 11.2. The van der Waals surface area contributed by atoms with Crippen molar-refractivity contribution in [3.05, 3.63) is 69.8 Å². The lowest BCUT2D eigenvalue weighted by Crippen LogP contribution is -2.54. The molecule has 2 aliphatic rings. The third kappa shape index (κ3) is 3.70. The molecule has 1 heterocycles. The van der Waals surface area contributed by atoms with Gasteiger partial charge in [0.15, 0.2) is 5.79 Å². The zero-order valence-corrected chi connectivity index (χ0v) is 20.4. The Balaban J connectivity index is 1.71. The molecule has 1 fully saturated rings. The van der Waals surface area contributed by atoms with Gasteiger partial charge in [0.25, 0.3) is 0 Å². The first kappa shape index (κ1) is 22.8. The molecule has 1 aliphatic heterocycles. The van der Waals surface area contributed by atoms with E-state index in [9.17, 15) is 4.79 Å². The van der Waals surface area contributed by atoms with Gasteiger partial charge in [-0.3, -0.25) is 0 Å². The summed E-state index contributed by atoms with van der Waals surface area (Å²) < 4.78 is 17.6. The molecule has 170 valence electrons. The van der Waals surface area contributed by atoms with Crippen molar-refractivity contribution in [3.63, 3.8) is 0 Å². The Kier molecular flexibility index (Phi) is 5.38. The summed E-state index contributed by atoms with van der Waals surface area (Å²) in [6, 6.07) is 12.1. The van der Waals surface area contributed by atoms with E-state index in [1.54, 1.807) is 12.1 Å². The largest absolute Gasteiger partial charge is 0.465 e. The molecule has 0 N–H and O–H groups in total. The Hall–Kier alpha value is -2.43. The van der Waals surface area contributed by atoms with Crippen LogP contribution in [-0.2, 0) is 25.0 Å². The van der Waals surface area contributed by atoms with Crippen LogP contribution in [-0.4, -0.2) is 31.1 Å². The average molecular weight is 435 g/mol. The third-order valence-corrected chi connectivity index (χ3v) is 7.10. The zero-order valence-electron chi connectivity index (χ0n) is 20.4. The number of aryl methyl sites for hydroxylation is 1. The first-order chi connectivity index (χ1) is 14.9. The van der Waals surface area contributed by atoms with E-state index in [-0.39, 0.29) is 29.0 Å². The second kappa shape index (κ2) is 7.57. The zero-order chi connectivity index (χ0) is 23.5. The van der Waals surface area contributed by atoms with Gasteiger partial charge in [0, 0.05) is 10.8 Å². The van der Waals surface area contributed by atoms with E-state index in [1.165, 1.54) is 29.4 Å². The van der Waals surface area contributed by atoms with Crippen LogP contribution < -0.4 is 0 Å². The molecule has 4 rings (SSSR count). The number of ether oxygens (including phenoxy) is 3. The van der Waals surface area contributed by atoms with Crippen LogP contribution in [0.1, 0.15) is 79.7 Å². The fraction of sp³-hybridized carbons (Fsp3) is 0.464. The minimum absolute atomic E-state index is 0.00844. The number of methoxy groups -OCH3 is 1. The number of fused-ring (bicyclic) bond motifs is 2. The number of esters is 1. The molecule has 0 radical (unpaired) electrons. The molecular weight excluding hydrogens is 400 g/mol. The summed E-state index contributed by atoms with van der Waals surface area (Å²) in [5.41, 5.74) is 6.31. The topological polar surface area (TPSA) is 44.8 Å². The van der Waals surface area contributed by atoms with Gasteiger partial charge in [-0.25, -0.2) is 4.79 Å². The summed E-state index contributed by atoms with van der Waals surface area (Å²) in [6.07, 6.45) is 4.23. The molecule has 4 heteroatoms. The molecular formula is C28H34O4.